The second-order valence-electron chi connectivity index (χ2n) is 7.91. The predicted molar refractivity (Wildman–Crippen MR) is 125 cm³/mol. The van der Waals surface area contributed by atoms with Gasteiger partial charge in [-0.25, -0.2) is 4.79 Å². The minimum absolute atomic E-state index is 0.330. The van der Waals surface area contributed by atoms with Crippen molar-refractivity contribution in [1.29, 1.82) is 0 Å². The molecule has 4 heteroatoms. The number of aryl methyl sites for hydroxylation is 1. The number of methoxy groups -OCH3 is 1. The van der Waals surface area contributed by atoms with Crippen molar-refractivity contribution in [2.45, 2.75) is 45.4 Å². The molecule has 0 unspecified atom stereocenters. The number of para-hydroxylation sites is 1. The highest BCUT2D eigenvalue weighted by atomic mass is 16.5. The third-order valence-corrected chi connectivity index (χ3v) is 5.43. The Kier molecular flexibility index (Phi) is 8.34. The normalized spacial score (nSPS) is 15.0. The van der Waals surface area contributed by atoms with Gasteiger partial charge in [0.1, 0.15) is 11.5 Å². The van der Waals surface area contributed by atoms with Crippen molar-refractivity contribution in [3.05, 3.63) is 71.3 Å². The first-order valence-corrected chi connectivity index (χ1v) is 11.0. The number of esters is 1. The molecule has 2 aromatic carbocycles. The maximum absolute atomic E-state index is 11.4. The zero-order valence-corrected chi connectivity index (χ0v) is 18.6. The third-order valence-electron chi connectivity index (χ3n) is 5.43. The number of hydrogen-bond donors (Lipinski definition) is 0. The van der Waals surface area contributed by atoms with Crippen molar-refractivity contribution >= 4 is 17.6 Å². The summed E-state index contributed by atoms with van der Waals surface area (Å²) in [5.41, 5.74) is 5.49. The van der Waals surface area contributed by atoms with E-state index in [0.717, 1.165) is 50.0 Å². The van der Waals surface area contributed by atoms with E-state index in [1.165, 1.54) is 22.3 Å². The lowest BCUT2D eigenvalue weighted by atomic mass is 9.90. The number of allylic oxidation sites excluding steroid dienone is 1. The SMILES string of the molecule is C=C(C)C(=O)OCCCCOc1ccc2c(c1)CCCC/C(c1ccccc1OC)=C\2. The lowest BCUT2D eigenvalue weighted by molar-refractivity contribution is -0.139. The molecule has 0 bridgehead atoms. The summed E-state index contributed by atoms with van der Waals surface area (Å²) >= 11 is 0. The Hall–Kier alpha value is -3.01. The number of unbranched alkanes of at least 4 members (excludes halogenated alkanes) is 1. The molecule has 4 nitrogen and oxygen atoms in total. The van der Waals surface area contributed by atoms with Gasteiger partial charge in [-0.05, 0) is 80.3 Å². The Morgan fingerprint density at radius 3 is 2.61 bits per heavy atom. The highest BCUT2D eigenvalue weighted by molar-refractivity contribution is 5.87. The Labute approximate surface area is 185 Å². The number of fused-ring (bicyclic) bond motifs is 1. The van der Waals surface area contributed by atoms with E-state index in [2.05, 4.69) is 36.9 Å². The number of benzene rings is 2. The summed E-state index contributed by atoms with van der Waals surface area (Å²) in [5, 5.41) is 0. The van der Waals surface area contributed by atoms with Crippen LogP contribution in [-0.4, -0.2) is 26.3 Å². The Bertz CT molecular complexity index is 942. The predicted octanol–water partition coefficient (Wildman–Crippen LogP) is 6.24. The Morgan fingerprint density at radius 2 is 1.81 bits per heavy atom. The van der Waals surface area contributed by atoms with Crippen LogP contribution in [0.15, 0.2) is 54.6 Å². The zero-order valence-electron chi connectivity index (χ0n) is 18.6. The number of hydrogen-bond acceptors (Lipinski definition) is 4. The second kappa shape index (κ2) is 11.4. The first kappa shape index (κ1) is 22.7. The fourth-order valence-electron chi connectivity index (χ4n) is 3.72. The molecule has 0 saturated heterocycles. The molecule has 0 saturated carbocycles. The Morgan fingerprint density at radius 1 is 1.03 bits per heavy atom. The van der Waals surface area contributed by atoms with Crippen LogP contribution in [-0.2, 0) is 16.0 Å². The molecule has 0 aliphatic heterocycles. The van der Waals surface area contributed by atoms with Crippen LogP contribution < -0.4 is 9.47 Å². The standard InChI is InChI=1S/C27H32O4/c1-20(2)27(28)31-17-9-8-16-30-24-15-14-22-18-23(11-5-4-10-21(22)19-24)25-12-6-7-13-26(25)29-3/h6-7,12-15,18-19H,1,4-5,8-11,16-17H2,2-3H3/b23-18+. The van der Waals surface area contributed by atoms with Crippen molar-refractivity contribution in [2.75, 3.05) is 20.3 Å². The minimum Gasteiger partial charge on any atom is -0.496 e. The molecule has 1 aliphatic carbocycles. The van der Waals surface area contributed by atoms with E-state index in [9.17, 15) is 4.79 Å². The summed E-state index contributed by atoms with van der Waals surface area (Å²) in [5.74, 6) is 1.48. The topological polar surface area (TPSA) is 44.8 Å². The van der Waals surface area contributed by atoms with Crippen LogP contribution in [0.1, 0.15) is 55.7 Å². The van der Waals surface area contributed by atoms with Crippen LogP contribution in [0, 0.1) is 0 Å². The molecule has 0 radical (unpaired) electrons. The van der Waals surface area contributed by atoms with E-state index in [4.69, 9.17) is 14.2 Å². The fraction of sp³-hybridized carbons (Fsp3) is 0.370. The summed E-state index contributed by atoms with van der Waals surface area (Å²) in [6, 6.07) is 14.6. The van der Waals surface area contributed by atoms with E-state index in [-0.39, 0.29) is 5.97 Å². The van der Waals surface area contributed by atoms with E-state index in [1.807, 2.05) is 18.2 Å². The van der Waals surface area contributed by atoms with Gasteiger partial charge < -0.3 is 14.2 Å². The molecule has 2 aromatic rings. The van der Waals surface area contributed by atoms with Crippen LogP contribution in [0.25, 0.3) is 11.6 Å². The summed E-state index contributed by atoms with van der Waals surface area (Å²) in [6.07, 6.45) is 8.31. The quantitative estimate of drug-likeness (QED) is 0.274. The van der Waals surface area contributed by atoms with Gasteiger partial charge in [0.05, 0.1) is 20.3 Å². The number of ether oxygens (including phenoxy) is 3. The lowest BCUT2D eigenvalue weighted by Crippen LogP contribution is -2.07. The molecular formula is C27H32O4. The fourth-order valence-corrected chi connectivity index (χ4v) is 3.72. The molecule has 0 atom stereocenters. The lowest BCUT2D eigenvalue weighted by Gasteiger charge is -2.17. The molecule has 164 valence electrons. The van der Waals surface area contributed by atoms with E-state index in [0.29, 0.717) is 18.8 Å². The van der Waals surface area contributed by atoms with Crippen molar-refractivity contribution in [2.24, 2.45) is 0 Å². The number of carbonyl (C=O) groups is 1. The second-order valence-corrected chi connectivity index (χ2v) is 7.91. The highest BCUT2D eigenvalue weighted by Gasteiger charge is 2.13. The summed E-state index contributed by atoms with van der Waals surface area (Å²) in [6.45, 7) is 6.23. The van der Waals surface area contributed by atoms with Gasteiger partial charge in [-0.15, -0.1) is 0 Å². The molecule has 1 aliphatic rings. The van der Waals surface area contributed by atoms with Crippen molar-refractivity contribution in [1.82, 2.24) is 0 Å². The van der Waals surface area contributed by atoms with Gasteiger partial charge in [0, 0.05) is 11.1 Å². The maximum Gasteiger partial charge on any atom is 0.333 e. The van der Waals surface area contributed by atoms with E-state index >= 15 is 0 Å². The van der Waals surface area contributed by atoms with Crippen molar-refractivity contribution < 1.29 is 19.0 Å². The molecule has 0 spiro atoms. The van der Waals surface area contributed by atoms with Gasteiger partial charge in [0.15, 0.2) is 0 Å². The molecule has 3 rings (SSSR count). The number of carbonyl (C=O) groups excluding carboxylic acids is 1. The molecular weight excluding hydrogens is 388 g/mol. The molecule has 0 fully saturated rings. The van der Waals surface area contributed by atoms with Crippen LogP contribution in [0.5, 0.6) is 11.5 Å². The molecule has 31 heavy (non-hydrogen) atoms. The largest absolute Gasteiger partial charge is 0.496 e. The first-order valence-electron chi connectivity index (χ1n) is 11.0. The maximum atomic E-state index is 11.4. The van der Waals surface area contributed by atoms with Crippen LogP contribution >= 0.6 is 0 Å². The minimum atomic E-state index is -0.330. The van der Waals surface area contributed by atoms with Gasteiger partial charge in [-0.2, -0.15) is 0 Å². The average Bonchev–Trinajstić information content (AvgIpc) is 2.76. The summed E-state index contributed by atoms with van der Waals surface area (Å²) < 4.78 is 16.6. The molecule has 0 heterocycles. The van der Waals surface area contributed by atoms with Gasteiger partial charge in [0.25, 0.3) is 0 Å². The van der Waals surface area contributed by atoms with Gasteiger partial charge >= 0.3 is 5.97 Å². The molecule has 0 N–H and O–H groups in total. The van der Waals surface area contributed by atoms with Gasteiger partial charge in [-0.3, -0.25) is 0 Å². The van der Waals surface area contributed by atoms with Crippen LogP contribution in [0.4, 0.5) is 0 Å². The van der Waals surface area contributed by atoms with Crippen LogP contribution in [0.3, 0.4) is 0 Å². The van der Waals surface area contributed by atoms with Gasteiger partial charge in [-0.1, -0.05) is 36.9 Å². The van der Waals surface area contributed by atoms with Gasteiger partial charge in [0.2, 0.25) is 0 Å². The van der Waals surface area contributed by atoms with Crippen molar-refractivity contribution in [3.8, 4) is 11.5 Å². The van der Waals surface area contributed by atoms with Crippen LogP contribution in [0.2, 0.25) is 0 Å². The smallest absolute Gasteiger partial charge is 0.333 e. The average molecular weight is 421 g/mol. The van der Waals surface area contributed by atoms with E-state index < -0.39 is 0 Å². The highest BCUT2D eigenvalue weighted by Crippen LogP contribution is 2.34. The first-order chi connectivity index (χ1) is 15.1. The monoisotopic (exact) mass is 420 g/mol. The molecule has 0 amide bonds. The van der Waals surface area contributed by atoms with E-state index in [1.54, 1.807) is 14.0 Å². The molecule has 0 aromatic heterocycles. The van der Waals surface area contributed by atoms with Crippen molar-refractivity contribution in [3.63, 3.8) is 0 Å². The zero-order chi connectivity index (χ0) is 22.1. The Balaban J connectivity index is 1.62. The number of rotatable bonds is 9. The third kappa shape index (κ3) is 6.48. The summed E-state index contributed by atoms with van der Waals surface area (Å²) in [7, 11) is 1.73. The summed E-state index contributed by atoms with van der Waals surface area (Å²) in [4.78, 5) is 11.4.